The van der Waals surface area contributed by atoms with Gasteiger partial charge in [-0.15, -0.1) is 5.10 Å². The minimum atomic E-state index is -1.15. The van der Waals surface area contributed by atoms with Crippen LogP contribution in [0.3, 0.4) is 0 Å². The first kappa shape index (κ1) is 16.7. The summed E-state index contributed by atoms with van der Waals surface area (Å²) in [5, 5.41) is 27.1. The van der Waals surface area contributed by atoms with Crippen LogP contribution in [0.15, 0.2) is 34.3 Å². The Labute approximate surface area is 135 Å². The van der Waals surface area contributed by atoms with E-state index in [1.165, 1.54) is 24.3 Å². The van der Waals surface area contributed by atoms with Gasteiger partial charge in [0.05, 0.1) is 4.92 Å². The van der Waals surface area contributed by atoms with Crippen LogP contribution in [0.25, 0.3) is 6.08 Å². The molecule has 1 heterocycles. The fourth-order valence-corrected chi connectivity index (χ4v) is 2.51. The molecule has 2 aromatic rings. The fourth-order valence-electron chi connectivity index (χ4n) is 1.78. The van der Waals surface area contributed by atoms with Crippen LogP contribution in [0.5, 0.6) is 0 Å². The van der Waals surface area contributed by atoms with E-state index in [1.807, 2.05) is 6.92 Å². The lowest BCUT2D eigenvalue weighted by Gasteiger charge is -1.99. The molecule has 9 heteroatoms. The Balaban J connectivity index is 2.25. The van der Waals surface area contributed by atoms with E-state index in [9.17, 15) is 20.0 Å². The monoisotopic (exact) mass is 334 g/mol. The number of aliphatic carboxylic acids is 1. The van der Waals surface area contributed by atoms with Gasteiger partial charge in [0.25, 0.3) is 5.69 Å². The number of benzene rings is 1. The SMILES string of the molecule is CCCc1nc(S/C(=C\c2cccc([N+](=O)[O-])c2)C(=O)O)n[nH]1. The van der Waals surface area contributed by atoms with Crippen molar-refractivity contribution in [3.8, 4) is 0 Å². The molecular formula is C14H14N4O4S. The predicted molar refractivity (Wildman–Crippen MR) is 84.9 cm³/mol. The molecule has 0 bridgehead atoms. The highest BCUT2D eigenvalue weighted by Crippen LogP contribution is 2.26. The molecular weight excluding hydrogens is 320 g/mol. The summed E-state index contributed by atoms with van der Waals surface area (Å²) in [4.78, 5) is 25.8. The molecule has 0 fully saturated rings. The van der Waals surface area contributed by atoms with E-state index in [0.717, 1.165) is 24.6 Å². The summed E-state index contributed by atoms with van der Waals surface area (Å²) in [5.74, 6) is -0.460. The van der Waals surface area contributed by atoms with Gasteiger partial charge in [-0.05, 0) is 29.8 Å². The lowest BCUT2D eigenvalue weighted by atomic mass is 10.2. The van der Waals surface area contributed by atoms with Crippen molar-refractivity contribution in [3.63, 3.8) is 0 Å². The molecule has 1 aromatic heterocycles. The first-order valence-electron chi connectivity index (χ1n) is 6.78. The number of nitrogens with zero attached hydrogens (tertiary/aromatic N) is 3. The molecule has 2 rings (SSSR count). The van der Waals surface area contributed by atoms with Gasteiger partial charge in [0.15, 0.2) is 0 Å². The Morgan fingerprint density at radius 2 is 2.30 bits per heavy atom. The van der Waals surface area contributed by atoms with Crippen molar-refractivity contribution in [2.24, 2.45) is 0 Å². The molecule has 0 saturated carbocycles. The van der Waals surface area contributed by atoms with Crippen LogP contribution in [0.1, 0.15) is 24.7 Å². The maximum Gasteiger partial charge on any atom is 0.342 e. The van der Waals surface area contributed by atoms with Gasteiger partial charge < -0.3 is 5.11 Å². The van der Waals surface area contributed by atoms with Crippen molar-refractivity contribution < 1.29 is 14.8 Å². The molecule has 0 amide bonds. The number of aromatic nitrogens is 3. The summed E-state index contributed by atoms with van der Waals surface area (Å²) in [6.07, 6.45) is 2.98. The molecule has 23 heavy (non-hydrogen) atoms. The summed E-state index contributed by atoms with van der Waals surface area (Å²) in [6, 6.07) is 5.75. The highest BCUT2D eigenvalue weighted by molar-refractivity contribution is 8.04. The van der Waals surface area contributed by atoms with E-state index < -0.39 is 10.9 Å². The Bertz CT molecular complexity index is 757. The maximum atomic E-state index is 11.4. The summed E-state index contributed by atoms with van der Waals surface area (Å²) in [5.41, 5.74) is 0.324. The Kier molecular flexibility index (Phi) is 5.47. The number of aromatic amines is 1. The number of nitro groups is 1. The number of rotatable bonds is 7. The van der Waals surface area contributed by atoms with Gasteiger partial charge in [0, 0.05) is 18.6 Å². The molecule has 120 valence electrons. The number of carbonyl (C=O) groups is 1. The van der Waals surface area contributed by atoms with Crippen LogP contribution in [-0.4, -0.2) is 31.2 Å². The third-order valence-electron chi connectivity index (χ3n) is 2.79. The zero-order valence-electron chi connectivity index (χ0n) is 12.2. The zero-order chi connectivity index (χ0) is 16.8. The summed E-state index contributed by atoms with van der Waals surface area (Å²) in [6.45, 7) is 2.00. The second-order valence-corrected chi connectivity index (χ2v) is 5.59. The molecule has 1 aromatic carbocycles. The number of thioether (sulfide) groups is 1. The van der Waals surface area contributed by atoms with Crippen LogP contribution >= 0.6 is 11.8 Å². The number of nitrogens with one attached hydrogen (secondary N) is 1. The smallest absolute Gasteiger partial charge is 0.342 e. The quantitative estimate of drug-likeness (QED) is 0.345. The second-order valence-electron chi connectivity index (χ2n) is 4.58. The minimum Gasteiger partial charge on any atom is -0.477 e. The van der Waals surface area contributed by atoms with Gasteiger partial charge in [-0.1, -0.05) is 19.1 Å². The van der Waals surface area contributed by atoms with Gasteiger partial charge in [0.2, 0.25) is 5.16 Å². The minimum absolute atomic E-state index is 0.0208. The lowest BCUT2D eigenvalue weighted by molar-refractivity contribution is -0.384. The summed E-state index contributed by atoms with van der Waals surface area (Å²) in [7, 11) is 0. The van der Waals surface area contributed by atoms with Crippen LogP contribution in [0.4, 0.5) is 5.69 Å². The van der Waals surface area contributed by atoms with Crippen molar-refractivity contribution in [2.75, 3.05) is 0 Å². The van der Waals surface area contributed by atoms with E-state index in [1.54, 1.807) is 6.07 Å². The topological polar surface area (TPSA) is 122 Å². The zero-order valence-corrected chi connectivity index (χ0v) is 13.0. The molecule has 0 aliphatic heterocycles. The largest absolute Gasteiger partial charge is 0.477 e. The van der Waals surface area contributed by atoms with Crippen LogP contribution < -0.4 is 0 Å². The van der Waals surface area contributed by atoms with Gasteiger partial charge in [0.1, 0.15) is 10.7 Å². The Morgan fingerprint density at radius 3 is 2.96 bits per heavy atom. The first-order valence-corrected chi connectivity index (χ1v) is 7.60. The average molecular weight is 334 g/mol. The molecule has 8 nitrogen and oxygen atoms in total. The highest BCUT2D eigenvalue weighted by Gasteiger charge is 2.14. The highest BCUT2D eigenvalue weighted by atomic mass is 32.2. The van der Waals surface area contributed by atoms with Crippen LogP contribution in [0, 0.1) is 10.1 Å². The van der Waals surface area contributed by atoms with Gasteiger partial charge in [-0.3, -0.25) is 15.2 Å². The molecule has 0 saturated heterocycles. The number of carboxylic acid groups (broad SMARTS) is 1. The summed E-state index contributed by atoms with van der Waals surface area (Å²) < 4.78 is 0. The molecule has 0 aliphatic carbocycles. The fraction of sp³-hybridized carbons (Fsp3) is 0.214. The van der Waals surface area contributed by atoms with Crippen molar-refractivity contribution in [1.29, 1.82) is 0 Å². The van der Waals surface area contributed by atoms with E-state index >= 15 is 0 Å². The van der Waals surface area contributed by atoms with Gasteiger partial charge in [-0.25, -0.2) is 9.78 Å². The number of hydrogen-bond acceptors (Lipinski definition) is 6. The molecule has 0 radical (unpaired) electrons. The molecule has 0 unspecified atom stereocenters. The third-order valence-corrected chi connectivity index (χ3v) is 3.67. The summed E-state index contributed by atoms with van der Waals surface area (Å²) >= 11 is 0.891. The van der Waals surface area contributed by atoms with Gasteiger partial charge >= 0.3 is 5.97 Å². The van der Waals surface area contributed by atoms with E-state index in [4.69, 9.17) is 0 Å². The molecule has 0 atom stereocenters. The van der Waals surface area contributed by atoms with Crippen molar-refractivity contribution in [2.45, 2.75) is 24.9 Å². The number of carboxylic acids is 1. The van der Waals surface area contributed by atoms with E-state index in [-0.39, 0.29) is 10.6 Å². The maximum absolute atomic E-state index is 11.4. The average Bonchev–Trinajstić information content (AvgIpc) is 2.94. The lowest BCUT2D eigenvalue weighted by Crippen LogP contribution is -1.97. The number of nitro benzene ring substituents is 1. The van der Waals surface area contributed by atoms with Crippen LogP contribution in [0.2, 0.25) is 0 Å². The Hall–Kier alpha value is -2.68. The predicted octanol–water partition coefficient (Wildman–Crippen LogP) is 2.88. The number of non-ortho nitro benzene ring substituents is 1. The standard InChI is InChI=1S/C14H14N4O4S/c1-2-4-12-15-14(17-16-12)23-11(13(19)20)8-9-5-3-6-10(7-9)18(21)22/h3,5-8H,2,4H2,1H3,(H,19,20)(H,15,16,17)/b11-8-. The van der Waals surface area contributed by atoms with E-state index in [2.05, 4.69) is 15.2 Å². The Morgan fingerprint density at radius 1 is 1.52 bits per heavy atom. The normalized spacial score (nSPS) is 11.4. The van der Waals surface area contributed by atoms with Crippen molar-refractivity contribution in [3.05, 3.63) is 50.7 Å². The van der Waals surface area contributed by atoms with Crippen LogP contribution in [-0.2, 0) is 11.2 Å². The molecule has 2 N–H and O–H groups in total. The number of H-pyrrole nitrogens is 1. The number of hydrogen-bond donors (Lipinski definition) is 2. The van der Waals surface area contributed by atoms with Crippen molar-refractivity contribution >= 4 is 29.5 Å². The van der Waals surface area contributed by atoms with E-state index in [0.29, 0.717) is 16.5 Å². The van der Waals surface area contributed by atoms with Crippen molar-refractivity contribution in [1.82, 2.24) is 15.2 Å². The first-order chi connectivity index (χ1) is 11.0. The van der Waals surface area contributed by atoms with Gasteiger partial charge in [-0.2, -0.15) is 0 Å². The molecule has 0 aliphatic rings. The second kappa shape index (κ2) is 7.54. The third kappa shape index (κ3) is 4.65. The molecule has 0 spiro atoms. The number of aryl methyl sites for hydroxylation is 1.